The average molecular weight is 417 g/mol. The standard InChI is InChI=1S/C30H24O2/c1-21(31)23-13-17-27(18-14-23)30(28-19-15-24(16-20-28)22(2)32)29(25-9-5-3-6-10-25)26-11-7-4-8-12-26/h3-20H,1-2H3. The zero-order valence-corrected chi connectivity index (χ0v) is 18.2. The van der Waals surface area contributed by atoms with Gasteiger partial charge in [-0.2, -0.15) is 0 Å². The zero-order chi connectivity index (χ0) is 22.5. The van der Waals surface area contributed by atoms with Crippen molar-refractivity contribution in [2.75, 3.05) is 0 Å². The fourth-order valence-electron chi connectivity index (χ4n) is 3.86. The highest BCUT2D eigenvalue weighted by molar-refractivity contribution is 6.05. The number of carbonyl (C=O) groups excluding carboxylic acids is 2. The van der Waals surface area contributed by atoms with Gasteiger partial charge in [-0.05, 0) is 47.2 Å². The Balaban J connectivity index is 2.04. The molecule has 0 atom stereocenters. The number of ketones is 2. The molecular formula is C30H24O2. The Kier molecular flexibility index (Phi) is 6.23. The topological polar surface area (TPSA) is 34.1 Å². The van der Waals surface area contributed by atoms with Crippen LogP contribution >= 0.6 is 0 Å². The van der Waals surface area contributed by atoms with Crippen molar-refractivity contribution in [3.05, 3.63) is 143 Å². The number of benzene rings is 4. The Morgan fingerprint density at radius 1 is 0.375 bits per heavy atom. The quantitative estimate of drug-likeness (QED) is 0.248. The number of Topliss-reactive ketones (excluding diaryl/α,β-unsaturated/α-hetero) is 2. The van der Waals surface area contributed by atoms with Gasteiger partial charge >= 0.3 is 0 Å². The van der Waals surface area contributed by atoms with Gasteiger partial charge in [0.05, 0.1) is 0 Å². The van der Waals surface area contributed by atoms with Crippen molar-refractivity contribution in [2.45, 2.75) is 13.8 Å². The molecule has 0 spiro atoms. The lowest BCUT2D eigenvalue weighted by Crippen LogP contribution is -1.99. The van der Waals surface area contributed by atoms with Gasteiger partial charge in [0, 0.05) is 11.1 Å². The van der Waals surface area contributed by atoms with Crippen molar-refractivity contribution in [2.24, 2.45) is 0 Å². The minimum Gasteiger partial charge on any atom is -0.295 e. The van der Waals surface area contributed by atoms with Crippen molar-refractivity contribution in [1.82, 2.24) is 0 Å². The molecule has 0 heterocycles. The molecule has 32 heavy (non-hydrogen) atoms. The first-order valence-corrected chi connectivity index (χ1v) is 10.6. The number of carbonyl (C=O) groups is 2. The summed E-state index contributed by atoms with van der Waals surface area (Å²) >= 11 is 0. The second-order valence-corrected chi connectivity index (χ2v) is 7.75. The number of hydrogen-bond acceptors (Lipinski definition) is 2. The normalized spacial score (nSPS) is 10.4. The summed E-state index contributed by atoms with van der Waals surface area (Å²) in [5.41, 5.74) is 7.72. The third-order valence-electron chi connectivity index (χ3n) is 5.54. The van der Waals surface area contributed by atoms with E-state index >= 15 is 0 Å². The van der Waals surface area contributed by atoms with Crippen LogP contribution in [0.5, 0.6) is 0 Å². The molecule has 0 N–H and O–H groups in total. The van der Waals surface area contributed by atoms with Crippen LogP contribution < -0.4 is 0 Å². The van der Waals surface area contributed by atoms with Crippen LogP contribution in [0.3, 0.4) is 0 Å². The molecule has 0 aliphatic rings. The Bertz CT molecular complexity index is 1160. The summed E-state index contributed by atoms with van der Waals surface area (Å²) in [7, 11) is 0. The maximum absolute atomic E-state index is 11.8. The third kappa shape index (κ3) is 4.50. The molecule has 0 amide bonds. The summed E-state index contributed by atoms with van der Waals surface area (Å²) in [4.78, 5) is 23.7. The third-order valence-corrected chi connectivity index (χ3v) is 5.54. The van der Waals surface area contributed by atoms with Crippen molar-refractivity contribution in [3.63, 3.8) is 0 Å². The molecule has 2 nitrogen and oxygen atoms in total. The highest BCUT2D eigenvalue weighted by Gasteiger charge is 2.16. The van der Waals surface area contributed by atoms with E-state index in [0.717, 1.165) is 33.4 Å². The van der Waals surface area contributed by atoms with Gasteiger partial charge < -0.3 is 0 Å². The average Bonchev–Trinajstić information content (AvgIpc) is 2.84. The molecule has 0 saturated heterocycles. The minimum atomic E-state index is 0.0410. The van der Waals surface area contributed by atoms with Crippen LogP contribution in [0.4, 0.5) is 0 Å². The van der Waals surface area contributed by atoms with Gasteiger partial charge in [0.2, 0.25) is 0 Å². The minimum absolute atomic E-state index is 0.0410. The Morgan fingerprint density at radius 2 is 0.625 bits per heavy atom. The van der Waals surface area contributed by atoms with E-state index in [-0.39, 0.29) is 11.6 Å². The molecule has 0 radical (unpaired) electrons. The molecule has 156 valence electrons. The molecule has 4 aromatic carbocycles. The SMILES string of the molecule is CC(=O)c1ccc(C(=C(c2ccccc2)c2ccccc2)c2ccc(C(C)=O)cc2)cc1. The van der Waals surface area contributed by atoms with E-state index in [2.05, 4.69) is 24.3 Å². The highest BCUT2D eigenvalue weighted by atomic mass is 16.1. The maximum atomic E-state index is 11.8. The first-order chi connectivity index (χ1) is 15.5. The van der Waals surface area contributed by atoms with Gasteiger partial charge in [-0.15, -0.1) is 0 Å². The van der Waals surface area contributed by atoms with Gasteiger partial charge in [0.25, 0.3) is 0 Å². The molecular weight excluding hydrogens is 392 g/mol. The number of rotatable bonds is 6. The largest absolute Gasteiger partial charge is 0.295 e. The molecule has 0 aliphatic carbocycles. The Hall–Kier alpha value is -4.04. The van der Waals surface area contributed by atoms with E-state index in [1.165, 1.54) is 0 Å². The van der Waals surface area contributed by atoms with E-state index in [9.17, 15) is 9.59 Å². The monoisotopic (exact) mass is 416 g/mol. The van der Waals surface area contributed by atoms with E-state index in [4.69, 9.17) is 0 Å². The first-order valence-electron chi connectivity index (χ1n) is 10.6. The van der Waals surface area contributed by atoms with E-state index in [0.29, 0.717) is 11.1 Å². The fraction of sp³-hybridized carbons (Fsp3) is 0.0667. The van der Waals surface area contributed by atoms with Crippen LogP contribution in [0.15, 0.2) is 109 Å². The number of hydrogen-bond donors (Lipinski definition) is 0. The van der Waals surface area contributed by atoms with Crippen LogP contribution in [0.2, 0.25) is 0 Å². The molecule has 2 heteroatoms. The lowest BCUT2D eigenvalue weighted by molar-refractivity contribution is 0.100. The second-order valence-electron chi connectivity index (χ2n) is 7.75. The molecule has 0 aromatic heterocycles. The fourth-order valence-corrected chi connectivity index (χ4v) is 3.86. The van der Waals surface area contributed by atoms with Crippen molar-refractivity contribution in [3.8, 4) is 0 Å². The van der Waals surface area contributed by atoms with E-state index < -0.39 is 0 Å². The van der Waals surface area contributed by atoms with Gasteiger partial charge in [-0.3, -0.25) is 9.59 Å². The summed E-state index contributed by atoms with van der Waals surface area (Å²) < 4.78 is 0. The van der Waals surface area contributed by atoms with E-state index in [1.807, 2.05) is 84.9 Å². The molecule has 0 aliphatic heterocycles. The molecule has 0 saturated carbocycles. The van der Waals surface area contributed by atoms with Gasteiger partial charge in [-0.1, -0.05) is 109 Å². The summed E-state index contributed by atoms with van der Waals surface area (Å²) in [6.45, 7) is 3.15. The van der Waals surface area contributed by atoms with E-state index in [1.54, 1.807) is 13.8 Å². The summed E-state index contributed by atoms with van der Waals surface area (Å²) in [6.07, 6.45) is 0. The van der Waals surface area contributed by atoms with Crippen LogP contribution in [0, 0.1) is 0 Å². The van der Waals surface area contributed by atoms with Gasteiger partial charge in [0.1, 0.15) is 0 Å². The summed E-state index contributed by atoms with van der Waals surface area (Å²) in [6, 6.07) is 36.1. The second kappa shape index (κ2) is 9.40. The summed E-state index contributed by atoms with van der Waals surface area (Å²) in [5.74, 6) is 0.0819. The molecule has 4 aromatic rings. The highest BCUT2D eigenvalue weighted by Crippen LogP contribution is 2.37. The predicted octanol–water partition coefficient (Wildman–Crippen LogP) is 7.10. The molecule has 0 unspecified atom stereocenters. The first kappa shape index (κ1) is 21.2. The van der Waals surface area contributed by atoms with Crippen LogP contribution in [0.25, 0.3) is 11.1 Å². The van der Waals surface area contributed by atoms with Crippen LogP contribution in [0.1, 0.15) is 56.8 Å². The van der Waals surface area contributed by atoms with Gasteiger partial charge in [-0.25, -0.2) is 0 Å². The Morgan fingerprint density at radius 3 is 0.906 bits per heavy atom. The zero-order valence-electron chi connectivity index (χ0n) is 18.2. The predicted molar refractivity (Wildman–Crippen MR) is 131 cm³/mol. The lowest BCUT2D eigenvalue weighted by atomic mass is 9.85. The molecule has 0 fully saturated rings. The van der Waals surface area contributed by atoms with Crippen molar-refractivity contribution < 1.29 is 9.59 Å². The smallest absolute Gasteiger partial charge is 0.159 e. The Labute approximate surface area is 188 Å². The molecule has 4 rings (SSSR count). The maximum Gasteiger partial charge on any atom is 0.159 e. The van der Waals surface area contributed by atoms with Gasteiger partial charge in [0.15, 0.2) is 11.6 Å². The molecule has 0 bridgehead atoms. The lowest BCUT2D eigenvalue weighted by Gasteiger charge is -2.18. The summed E-state index contributed by atoms with van der Waals surface area (Å²) in [5, 5.41) is 0. The van der Waals surface area contributed by atoms with Crippen molar-refractivity contribution in [1.29, 1.82) is 0 Å². The van der Waals surface area contributed by atoms with Crippen molar-refractivity contribution >= 4 is 22.7 Å². The van der Waals surface area contributed by atoms with Crippen LogP contribution in [-0.2, 0) is 0 Å². The van der Waals surface area contributed by atoms with Crippen LogP contribution in [-0.4, -0.2) is 11.6 Å².